The van der Waals surface area contributed by atoms with Gasteiger partial charge >= 0.3 is 0 Å². The molecule has 0 bridgehead atoms. The predicted octanol–water partition coefficient (Wildman–Crippen LogP) is 4.42. The second-order valence-corrected chi connectivity index (χ2v) is 4.43. The third-order valence-electron chi connectivity index (χ3n) is 2.31. The topological polar surface area (TPSA) is 29.5 Å². The monoisotopic (exact) mass is 286 g/mol. The molecule has 0 aliphatic rings. The van der Waals surface area contributed by atoms with Crippen molar-refractivity contribution in [3.63, 3.8) is 0 Å². The minimum absolute atomic E-state index is 0.161. The van der Waals surface area contributed by atoms with Crippen LogP contribution >= 0.6 is 23.2 Å². The summed E-state index contributed by atoms with van der Waals surface area (Å²) >= 11 is 11.7. The van der Waals surface area contributed by atoms with E-state index in [1.165, 1.54) is 12.1 Å². The number of benzene rings is 2. The van der Waals surface area contributed by atoms with Gasteiger partial charge in [-0.15, -0.1) is 0 Å². The first-order valence-electron chi connectivity index (χ1n) is 5.12. The number of aliphatic hydroxyl groups is 1. The largest absolute Gasteiger partial charge is 0.455 e. The van der Waals surface area contributed by atoms with Gasteiger partial charge in [0.2, 0.25) is 0 Å². The summed E-state index contributed by atoms with van der Waals surface area (Å²) in [6.45, 7) is -0.214. The molecule has 18 heavy (non-hydrogen) atoms. The summed E-state index contributed by atoms with van der Waals surface area (Å²) in [6.07, 6.45) is 0. The number of ether oxygens (including phenoxy) is 1. The molecule has 0 spiro atoms. The van der Waals surface area contributed by atoms with E-state index in [4.69, 9.17) is 27.9 Å². The average Bonchev–Trinajstić information content (AvgIpc) is 2.34. The summed E-state index contributed by atoms with van der Waals surface area (Å²) in [5.74, 6) is 0.302. The van der Waals surface area contributed by atoms with E-state index in [1.807, 2.05) is 0 Å². The van der Waals surface area contributed by atoms with Gasteiger partial charge in [0.1, 0.15) is 17.3 Å². The van der Waals surface area contributed by atoms with Gasteiger partial charge < -0.3 is 9.84 Å². The molecule has 0 heterocycles. The highest BCUT2D eigenvalue weighted by Gasteiger charge is 2.08. The lowest BCUT2D eigenvalue weighted by Gasteiger charge is -2.11. The van der Waals surface area contributed by atoms with Gasteiger partial charge in [0.25, 0.3) is 0 Å². The van der Waals surface area contributed by atoms with Crippen LogP contribution in [0.4, 0.5) is 4.39 Å². The van der Waals surface area contributed by atoms with Crippen LogP contribution in [0.3, 0.4) is 0 Å². The van der Waals surface area contributed by atoms with Crippen LogP contribution in [-0.2, 0) is 6.61 Å². The standard InChI is InChI=1S/C13H9Cl2FO2/c14-9-1-3-12(8(5-9)7-17)18-13-4-2-10(16)6-11(13)15/h1-6,17H,7H2. The Morgan fingerprint density at radius 1 is 1.06 bits per heavy atom. The summed E-state index contributed by atoms with van der Waals surface area (Å²) < 4.78 is 18.4. The van der Waals surface area contributed by atoms with Crippen molar-refractivity contribution in [1.82, 2.24) is 0 Å². The van der Waals surface area contributed by atoms with Crippen LogP contribution in [0.15, 0.2) is 36.4 Å². The highest BCUT2D eigenvalue weighted by molar-refractivity contribution is 6.32. The maximum Gasteiger partial charge on any atom is 0.146 e. The van der Waals surface area contributed by atoms with Crippen LogP contribution in [0.25, 0.3) is 0 Å². The highest BCUT2D eigenvalue weighted by atomic mass is 35.5. The molecule has 0 atom stereocenters. The lowest BCUT2D eigenvalue weighted by atomic mass is 10.2. The summed E-state index contributed by atoms with van der Waals surface area (Å²) in [5.41, 5.74) is 0.530. The molecule has 2 nitrogen and oxygen atoms in total. The molecular weight excluding hydrogens is 278 g/mol. The molecule has 0 aliphatic carbocycles. The fourth-order valence-electron chi connectivity index (χ4n) is 1.45. The van der Waals surface area contributed by atoms with E-state index in [-0.39, 0.29) is 11.6 Å². The molecule has 2 aromatic rings. The number of rotatable bonds is 3. The van der Waals surface area contributed by atoms with Crippen molar-refractivity contribution in [2.75, 3.05) is 0 Å². The molecule has 0 radical (unpaired) electrons. The Morgan fingerprint density at radius 2 is 1.78 bits per heavy atom. The minimum Gasteiger partial charge on any atom is -0.455 e. The van der Waals surface area contributed by atoms with E-state index in [9.17, 15) is 9.50 Å². The third-order valence-corrected chi connectivity index (χ3v) is 2.84. The molecule has 5 heteroatoms. The molecule has 0 saturated carbocycles. The molecule has 0 unspecified atom stereocenters. The van der Waals surface area contributed by atoms with Gasteiger partial charge in [-0.05, 0) is 36.4 Å². The van der Waals surface area contributed by atoms with Crippen molar-refractivity contribution in [3.8, 4) is 11.5 Å². The van der Waals surface area contributed by atoms with E-state index >= 15 is 0 Å². The Morgan fingerprint density at radius 3 is 2.44 bits per heavy atom. The van der Waals surface area contributed by atoms with Crippen molar-refractivity contribution < 1.29 is 14.2 Å². The fraction of sp³-hybridized carbons (Fsp3) is 0.0769. The van der Waals surface area contributed by atoms with E-state index in [0.29, 0.717) is 22.1 Å². The maximum atomic E-state index is 12.9. The van der Waals surface area contributed by atoms with Crippen molar-refractivity contribution in [1.29, 1.82) is 0 Å². The third kappa shape index (κ3) is 2.93. The van der Waals surface area contributed by atoms with Crippen LogP contribution in [0.2, 0.25) is 10.0 Å². The van der Waals surface area contributed by atoms with Gasteiger partial charge in [-0.1, -0.05) is 23.2 Å². The normalized spacial score (nSPS) is 10.4. The SMILES string of the molecule is OCc1cc(Cl)ccc1Oc1ccc(F)cc1Cl. The van der Waals surface area contributed by atoms with E-state index in [1.54, 1.807) is 18.2 Å². The van der Waals surface area contributed by atoms with Gasteiger partial charge in [0.15, 0.2) is 0 Å². The van der Waals surface area contributed by atoms with E-state index in [0.717, 1.165) is 6.07 Å². The Hall–Kier alpha value is -1.29. The zero-order valence-corrected chi connectivity index (χ0v) is 10.7. The smallest absolute Gasteiger partial charge is 0.146 e. The Bertz CT molecular complexity index is 573. The maximum absolute atomic E-state index is 12.9. The number of hydrogen-bond donors (Lipinski definition) is 1. The number of hydrogen-bond acceptors (Lipinski definition) is 2. The zero-order valence-electron chi connectivity index (χ0n) is 9.16. The Balaban J connectivity index is 2.33. The molecular formula is C13H9Cl2FO2. The molecule has 0 aromatic heterocycles. The van der Waals surface area contributed by atoms with E-state index in [2.05, 4.69) is 0 Å². The number of aliphatic hydroxyl groups excluding tert-OH is 1. The zero-order chi connectivity index (χ0) is 13.1. The molecule has 1 N–H and O–H groups in total. The van der Waals surface area contributed by atoms with Crippen LogP contribution < -0.4 is 4.74 Å². The van der Waals surface area contributed by atoms with Crippen molar-refractivity contribution in [2.24, 2.45) is 0 Å². The Kier molecular flexibility index (Phi) is 4.07. The van der Waals surface area contributed by atoms with Crippen LogP contribution in [-0.4, -0.2) is 5.11 Å². The highest BCUT2D eigenvalue weighted by Crippen LogP contribution is 2.32. The van der Waals surface area contributed by atoms with Crippen LogP contribution in [0.1, 0.15) is 5.56 Å². The molecule has 0 aliphatic heterocycles. The van der Waals surface area contributed by atoms with Gasteiger partial charge in [0.05, 0.1) is 11.6 Å². The molecule has 2 aromatic carbocycles. The van der Waals surface area contributed by atoms with Gasteiger partial charge in [-0.25, -0.2) is 4.39 Å². The first-order valence-corrected chi connectivity index (χ1v) is 5.88. The van der Waals surface area contributed by atoms with Gasteiger partial charge in [0, 0.05) is 10.6 Å². The molecule has 0 saturated heterocycles. The predicted molar refractivity (Wildman–Crippen MR) is 68.9 cm³/mol. The summed E-state index contributed by atoms with van der Waals surface area (Å²) in [5, 5.41) is 9.86. The van der Waals surface area contributed by atoms with Crippen LogP contribution in [0, 0.1) is 5.82 Å². The van der Waals surface area contributed by atoms with Crippen molar-refractivity contribution in [3.05, 3.63) is 57.8 Å². The lowest BCUT2D eigenvalue weighted by molar-refractivity contribution is 0.276. The number of halogens is 3. The molecule has 2 rings (SSSR count). The minimum atomic E-state index is -0.439. The molecule has 0 amide bonds. The Labute approximate surface area is 114 Å². The van der Waals surface area contributed by atoms with Crippen molar-refractivity contribution >= 4 is 23.2 Å². The summed E-state index contributed by atoms with van der Waals surface area (Å²) in [4.78, 5) is 0. The second kappa shape index (κ2) is 5.57. The first kappa shape index (κ1) is 13.1. The van der Waals surface area contributed by atoms with E-state index < -0.39 is 5.82 Å². The van der Waals surface area contributed by atoms with Gasteiger partial charge in [-0.2, -0.15) is 0 Å². The fourth-order valence-corrected chi connectivity index (χ4v) is 1.85. The second-order valence-electron chi connectivity index (χ2n) is 3.59. The van der Waals surface area contributed by atoms with Gasteiger partial charge in [-0.3, -0.25) is 0 Å². The van der Waals surface area contributed by atoms with Crippen molar-refractivity contribution in [2.45, 2.75) is 6.61 Å². The average molecular weight is 287 g/mol. The quantitative estimate of drug-likeness (QED) is 0.905. The molecule has 0 fully saturated rings. The first-order chi connectivity index (χ1) is 8.60. The summed E-state index contributed by atoms with van der Waals surface area (Å²) in [7, 11) is 0. The molecule has 94 valence electrons. The lowest BCUT2D eigenvalue weighted by Crippen LogP contribution is -1.92. The summed E-state index contributed by atoms with van der Waals surface area (Å²) in [6, 6.07) is 8.67. The van der Waals surface area contributed by atoms with Crippen LogP contribution in [0.5, 0.6) is 11.5 Å².